The molecule has 0 aliphatic rings. The predicted octanol–water partition coefficient (Wildman–Crippen LogP) is 3.63. The maximum absolute atomic E-state index is 8.72. The zero-order valence-electron chi connectivity index (χ0n) is 10.00. The van der Waals surface area contributed by atoms with Crippen molar-refractivity contribution in [2.45, 2.75) is 31.6 Å². The van der Waals surface area contributed by atoms with Crippen molar-refractivity contribution in [3.8, 4) is 6.07 Å². The van der Waals surface area contributed by atoms with Gasteiger partial charge in [0.15, 0.2) is 0 Å². The van der Waals surface area contributed by atoms with Crippen molar-refractivity contribution in [2.24, 2.45) is 0 Å². The van der Waals surface area contributed by atoms with E-state index >= 15 is 0 Å². The highest BCUT2D eigenvalue weighted by atomic mass is 79.9. The molecule has 0 fully saturated rings. The summed E-state index contributed by atoms with van der Waals surface area (Å²) in [6.45, 7) is 4.16. The molecule has 1 rings (SSSR count). The molecule has 1 aromatic carbocycles. The first-order valence-corrected chi connectivity index (χ1v) is 6.47. The van der Waals surface area contributed by atoms with E-state index in [-0.39, 0.29) is 6.04 Å². The van der Waals surface area contributed by atoms with Crippen molar-refractivity contribution in [3.63, 3.8) is 0 Å². The Bertz CT molecular complexity index is 395. The summed E-state index contributed by atoms with van der Waals surface area (Å²) in [7, 11) is 2.04. The first-order valence-electron chi connectivity index (χ1n) is 5.35. The first-order chi connectivity index (χ1) is 7.60. The summed E-state index contributed by atoms with van der Waals surface area (Å²) >= 11 is 3.51. The molecule has 1 unspecified atom stereocenters. The topological polar surface area (TPSA) is 27.0 Å². The highest BCUT2D eigenvalue weighted by Crippen LogP contribution is 2.25. The minimum Gasteiger partial charge on any atom is -0.371 e. The van der Waals surface area contributed by atoms with E-state index in [1.54, 1.807) is 0 Å². The van der Waals surface area contributed by atoms with Crippen LogP contribution in [-0.2, 0) is 5.33 Å². The molecule has 0 aliphatic heterocycles. The highest BCUT2D eigenvalue weighted by molar-refractivity contribution is 9.08. The van der Waals surface area contributed by atoms with Crippen LogP contribution in [0.4, 0.5) is 5.69 Å². The Morgan fingerprint density at radius 1 is 1.50 bits per heavy atom. The van der Waals surface area contributed by atoms with Crippen LogP contribution in [0.25, 0.3) is 0 Å². The van der Waals surface area contributed by atoms with Crippen LogP contribution in [-0.4, -0.2) is 13.1 Å². The van der Waals surface area contributed by atoms with Gasteiger partial charge in [-0.1, -0.05) is 33.6 Å². The van der Waals surface area contributed by atoms with Gasteiger partial charge in [0.2, 0.25) is 0 Å². The number of nitrogens with zero attached hydrogens (tertiary/aromatic N) is 2. The normalized spacial score (nSPS) is 11.9. The van der Waals surface area contributed by atoms with Crippen molar-refractivity contribution >= 4 is 21.6 Å². The zero-order chi connectivity index (χ0) is 12.1. The summed E-state index contributed by atoms with van der Waals surface area (Å²) in [4.78, 5) is 2.17. The molecule has 1 atom stereocenters. The summed E-state index contributed by atoms with van der Waals surface area (Å²) in [6, 6.07) is 8.87. The molecule has 0 amide bonds. The minimum absolute atomic E-state index is 0.241. The third kappa shape index (κ3) is 2.99. The highest BCUT2D eigenvalue weighted by Gasteiger charge is 2.12. The van der Waals surface area contributed by atoms with Crippen LogP contribution in [0.1, 0.15) is 24.5 Å². The molecule has 0 N–H and O–H groups in total. The Morgan fingerprint density at radius 3 is 2.75 bits per heavy atom. The fraction of sp³-hybridized carbons (Fsp3) is 0.462. The lowest BCUT2D eigenvalue weighted by atomic mass is 10.1. The maximum Gasteiger partial charge on any atom is 0.0643 e. The summed E-state index contributed by atoms with van der Waals surface area (Å²) in [5.41, 5.74) is 3.73. The average Bonchev–Trinajstić information content (AvgIpc) is 2.28. The van der Waals surface area contributed by atoms with Crippen molar-refractivity contribution in [1.82, 2.24) is 0 Å². The van der Waals surface area contributed by atoms with Crippen LogP contribution in [0.3, 0.4) is 0 Å². The van der Waals surface area contributed by atoms with Gasteiger partial charge >= 0.3 is 0 Å². The van der Waals surface area contributed by atoms with Gasteiger partial charge in [-0.3, -0.25) is 0 Å². The molecule has 0 spiro atoms. The van der Waals surface area contributed by atoms with Crippen LogP contribution in [0.2, 0.25) is 0 Å². The van der Waals surface area contributed by atoms with E-state index in [0.717, 1.165) is 5.33 Å². The number of benzene rings is 1. The van der Waals surface area contributed by atoms with Crippen LogP contribution < -0.4 is 4.90 Å². The van der Waals surface area contributed by atoms with E-state index in [1.165, 1.54) is 16.8 Å². The molecule has 0 bridgehead atoms. The van der Waals surface area contributed by atoms with Crippen LogP contribution in [0.5, 0.6) is 0 Å². The van der Waals surface area contributed by atoms with Crippen molar-refractivity contribution in [3.05, 3.63) is 29.3 Å². The third-order valence-corrected chi connectivity index (χ3v) is 3.41. The summed E-state index contributed by atoms with van der Waals surface area (Å²) in [5.74, 6) is 0. The lowest BCUT2D eigenvalue weighted by Crippen LogP contribution is -2.29. The van der Waals surface area contributed by atoms with Crippen LogP contribution in [0.15, 0.2) is 18.2 Å². The zero-order valence-corrected chi connectivity index (χ0v) is 11.6. The number of halogens is 1. The van der Waals surface area contributed by atoms with E-state index in [1.807, 2.05) is 7.05 Å². The van der Waals surface area contributed by atoms with Crippen LogP contribution in [0, 0.1) is 18.3 Å². The Hall–Kier alpha value is -1.01. The second kappa shape index (κ2) is 5.91. The first kappa shape index (κ1) is 13.1. The SMILES string of the molecule is Cc1ccc(N(C)C(C)CC#N)c(CBr)c1. The third-order valence-electron chi connectivity index (χ3n) is 2.81. The van der Waals surface area contributed by atoms with E-state index in [0.29, 0.717) is 6.42 Å². The van der Waals surface area contributed by atoms with E-state index in [9.17, 15) is 0 Å². The van der Waals surface area contributed by atoms with Gasteiger partial charge < -0.3 is 4.90 Å². The number of alkyl halides is 1. The molecular formula is C13H17BrN2. The molecule has 16 heavy (non-hydrogen) atoms. The summed E-state index contributed by atoms with van der Waals surface area (Å²) in [5, 5.41) is 9.56. The molecule has 2 nitrogen and oxygen atoms in total. The number of hydrogen-bond donors (Lipinski definition) is 0. The monoisotopic (exact) mass is 280 g/mol. The van der Waals surface area contributed by atoms with Crippen molar-refractivity contribution in [1.29, 1.82) is 5.26 Å². The molecule has 0 saturated heterocycles. The van der Waals surface area contributed by atoms with E-state index in [2.05, 4.69) is 58.9 Å². The molecule has 1 aromatic rings. The number of nitriles is 1. The lowest BCUT2D eigenvalue weighted by Gasteiger charge is -2.27. The molecule has 0 aromatic heterocycles. The molecule has 3 heteroatoms. The van der Waals surface area contributed by atoms with Gasteiger partial charge in [0, 0.05) is 24.1 Å². The summed E-state index contributed by atoms with van der Waals surface area (Å²) < 4.78 is 0. The molecule has 0 heterocycles. The molecule has 86 valence electrons. The molecular weight excluding hydrogens is 264 g/mol. The summed E-state index contributed by atoms with van der Waals surface area (Å²) in [6.07, 6.45) is 0.548. The second-order valence-electron chi connectivity index (χ2n) is 4.09. The van der Waals surface area contributed by atoms with Gasteiger partial charge in [-0.2, -0.15) is 5.26 Å². The smallest absolute Gasteiger partial charge is 0.0643 e. The fourth-order valence-electron chi connectivity index (χ4n) is 1.67. The number of anilines is 1. The Labute approximate surface area is 106 Å². The minimum atomic E-state index is 0.241. The van der Waals surface area contributed by atoms with Crippen molar-refractivity contribution < 1.29 is 0 Å². The fourth-order valence-corrected chi connectivity index (χ4v) is 2.12. The Balaban J connectivity index is 2.99. The molecule has 0 aliphatic carbocycles. The van der Waals surface area contributed by atoms with Gasteiger partial charge in [0.1, 0.15) is 0 Å². The maximum atomic E-state index is 8.72. The van der Waals surface area contributed by atoms with E-state index < -0.39 is 0 Å². The van der Waals surface area contributed by atoms with Gasteiger partial charge in [-0.05, 0) is 25.5 Å². The van der Waals surface area contributed by atoms with Gasteiger partial charge in [0.25, 0.3) is 0 Å². The number of aryl methyl sites for hydroxylation is 1. The molecule has 0 saturated carbocycles. The quantitative estimate of drug-likeness (QED) is 0.788. The molecule has 0 radical (unpaired) electrons. The predicted molar refractivity (Wildman–Crippen MR) is 71.9 cm³/mol. The Morgan fingerprint density at radius 2 is 2.19 bits per heavy atom. The lowest BCUT2D eigenvalue weighted by molar-refractivity contribution is 0.700. The van der Waals surface area contributed by atoms with Gasteiger partial charge in [0.05, 0.1) is 12.5 Å². The van der Waals surface area contributed by atoms with Crippen LogP contribution >= 0.6 is 15.9 Å². The second-order valence-corrected chi connectivity index (χ2v) is 4.65. The standard InChI is InChI=1S/C13H17BrN2/c1-10-4-5-13(12(8-10)9-14)16(3)11(2)6-7-15/h4-5,8,11H,6,9H2,1-3H3. The number of hydrogen-bond acceptors (Lipinski definition) is 2. The van der Waals surface area contributed by atoms with Crippen molar-refractivity contribution in [2.75, 3.05) is 11.9 Å². The average molecular weight is 281 g/mol. The van der Waals surface area contributed by atoms with E-state index in [4.69, 9.17) is 5.26 Å². The largest absolute Gasteiger partial charge is 0.371 e. The Kier molecular flexibility index (Phi) is 4.82. The number of rotatable bonds is 4. The van der Waals surface area contributed by atoms with Gasteiger partial charge in [-0.15, -0.1) is 0 Å². The van der Waals surface area contributed by atoms with Gasteiger partial charge in [-0.25, -0.2) is 0 Å².